The van der Waals surface area contributed by atoms with Crippen LogP contribution in [0, 0.1) is 6.92 Å². The molecule has 0 saturated carbocycles. The van der Waals surface area contributed by atoms with Crippen LogP contribution in [0.3, 0.4) is 0 Å². The molecule has 2 heterocycles. The lowest BCUT2D eigenvalue weighted by molar-refractivity contribution is 0.0503. The van der Waals surface area contributed by atoms with E-state index in [1.807, 2.05) is 13.8 Å². The van der Waals surface area contributed by atoms with Crippen molar-refractivity contribution in [2.45, 2.75) is 39.2 Å². The van der Waals surface area contributed by atoms with Crippen LogP contribution in [0.1, 0.15) is 53.2 Å². The number of methoxy groups -OCH3 is 2. The van der Waals surface area contributed by atoms with Crippen molar-refractivity contribution in [3.63, 3.8) is 0 Å². The summed E-state index contributed by atoms with van der Waals surface area (Å²) >= 11 is 6.21. The molecule has 0 fully saturated rings. The Bertz CT molecular complexity index is 1250. The quantitative estimate of drug-likeness (QED) is 0.521. The summed E-state index contributed by atoms with van der Waals surface area (Å²) in [6, 6.07) is 6.57. The van der Waals surface area contributed by atoms with Gasteiger partial charge in [0.1, 0.15) is 28.4 Å². The van der Waals surface area contributed by atoms with Gasteiger partial charge in [-0.3, -0.25) is 9.59 Å². The van der Waals surface area contributed by atoms with E-state index in [-0.39, 0.29) is 18.0 Å². The molecular formula is C24H24ClNO6. The fraction of sp³-hybridized carbons (Fsp3) is 0.333. The Kier molecular flexibility index (Phi) is 5.54. The normalized spacial score (nSPS) is 17.6. The molecule has 1 atom stereocenters. The van der Waals surface area contributed by atoms with Gasteiger partial charge >= 0.3 is 0 Å². The fourth-order valence-electron chi connectivity index (χ4n) is 3.96. The lowest BCUT2D eigenvalue weighted by Crippen LogP contribution is -2.38. The number of aryl methyl sites for hydroxylation is 1. The highest BCUT2D eigenvalue weighted by atomic mass is 35.5. The number of halogens is 1. The van der Waals surface area contributed by atoms with Gasteiger partial charge in [-0.15, -0.1) is 0 Å². The SMILES string of the molecule is CC[C@]1(C)CC(=O)c2c(ccc3oc(C(=O)Nc4cc(Cl)c(OC)cc4OC)c(C)c23)O1. The zero-order chi connectivity index (χ0) is 23.2. The van der Waals surface area contributed by atoms with Crippen LogP contribution in [-0.4, -0.2) is 31.5 Å². The van der Waals surface area contributed by atoms with Gasteiger partial charge in [0.15, 0.2) is 11.5 Å². The minimum absolute atomic E-state index is 0.0272. The number of furan rings is 1. The van der Waals surface area contributed by atoms with Crippen LogP contribution in [0.2, 0.25) is 5.02 Å². The van der Waals surface area contributed by atoms with Crippen molar-refractivity contribution < 1.29 is 28.2 Å². The first-order valence-corrected chi connectivity index (χ1v) is 10.6. The molecule has 0 radical (unpaired) electrons. The highest BCUT2D eigenvalue weighted by Crippen LogP contribution is 2.42. The third kappa shape index (κ3) is 3.56. The summed E-state index contributed by atoms with van der Waals surface area (Å²) < 4.78 is 22.5. The van der Waals surface area contributed by atoms with E-state index in [1.54, 1.807) is 31.2 Å². The molecule has 0 spiro atoms. The predicted octanol–water partition coefficient (Wildman–Crippen LogP) is 5.80. The first kappa shape index (κ1) is 22.0. The van der Waals surface area contributed by atoms with Crippen molar-refractivity contribution in [2.75, 3.05) is 19.5 Å². The molecule has 2 aromatic carbocycles. The van der Waals surface area contributed by atoms with Crippen LogP contribution >= 0.6 is 11.6 Å². The Hall–Kier alpha value is -3.19. The van der Waals surface area contributed by atoms with E-state index >= 15 is 0 Å². The number of fused-ring (bicyclic) bond motifs is 3. The molecule has 3 aromatic rings. The number of carbonyl (C=O) groups excluding carboxylic acids is 2. The Labute approximate surface area is 190 Å². The van der Waals surface area contributed by atoms with E-state index in [4.69, 9.17) is 30.2 Å². The van der Waals surface area contributed by atoms with E-state index in [0.29, 0.717) is 56.5 Å². The van der Waals surface area contributed by atoms with Gasteiger partial charge in [0, 0.05) is 17.0 Å². The lowest BCUT2D eigenvalue weighted by Gasteiger charge is -2.34. The van der Waals surface area contributed by atoms with Gasteiger partial charge in [0.25, 0.3) is 5.91 Å². The number of anilines is 1. The van der Waals surface area contributed by atoms with Crippen LogP contribution in [0.5, 0.6) is 17.2 Å². The summed E-state index contributed by atoms with van der Waals surface area (Å²) in [5, 5.41) is 3.68. The maximum Gasteiger partial charge on any atom is 0.291 e. The highest BCUT2D eigenvalue weighted by molar-refractivity contribution is 6.32. The number of ether oxygens (including phenoxy) is 3. The third-order valence-corrected chi connectivity index (χ3v) is 6.20. The summed E-state index contributed by atoms with van der Waals surface area (Å²) in [7, 11) is 2.97. The van der Waals surface area contributed by atoms with Gasteiger partial charge in [-0.1, -0.05) is 18.5 Å². The van der Waals surface area contributed by atoms with Gasteiger partial charge in [0.2, 0.25) is 0 Å². The molecular weight excluding hydrogens is 434 g/mol. The number of benzene rings is 2. The lowest BCUT2D eigenvalue weighted by atomic mass is 9.87. The Balaban J connectivity index is 1.75. The van der Waals surface area contributed by atoms with E-state index in [2.05, 4.69) is 5.32 Å². The van der Waals surface area contributed by atoms with Crippen molar-refractivity contribution >= 4 is 39.9 Å². The van der Waals surface area contributed by atoms with Gasteiger partial charge in [-0.25, -0.2) is 0 Å². The topological polar surface area (TPSA) is 87.0 Å². The van der Waals surface area contributed by atoms with E-state index in [0.717, 1.165) is 0 Å². The van der Waals surface area contributed by atoms with Crippen molar-refractivity contribution in [2.24, 2.45) is 0 Å². The second-order valence-corrected chi connectivity index (χ2v) is 8.42. The second-order valence-electron chi connectivity index (χ2n) is 8.01. The summed E-state index contributed by atoms with van der Waals surface area (Å²) in [5.74, 6) is 0.894. The van der Waals surface area contributed by atoms with Crippen LogP contribution < -0.4 is 19.5 Å². The van der Waals surface area contributed by atoms with E-state index < -0.39 is 11.5 Å². The summed E-state index contributed by atoms with van der Waals surface area (Å²) in [5.41, 5.74) is 1.29. The maximum absolute atomic E-state index is 13.1. The molecule has 8 heteroatoms. The number of carbonyl (C=O) groups is 2. The number of hydrogen-bond donors (Lipinski definition) is 1. The average Bonchev–Trinajstić information content (AvgIpc) is 3.10. The summed E-state index contributed by atoms with van der Waals surface area (Å²) in [6.07, 6.45) is 0.976. The van der Waals surface area contributed by atoms with Gasteiger partial charge < -0.3 is 23.9 Å². The smallest absolute Gasteiger partial charge is 0.291 e. The minimum atomic E-state index is -0.542. The van der Waals surface area contributed by atoms with Crippen LogP contribution in [0.4, 0.5) is 5.69 Å². The molecule has 4 rings (SSSR count). The number of hydrogen-bond acceptors (Lipinski definition) is 6. The standard InChI is InChI=1S/C24H24ClNO6/c1-6-24(3)11-15(27)21-17(32-24)8-7-16-20(21)12(2)22(31-16)23(28)26-14-9-13(25)18(29-4)10-19(14)30-5/h7-10H,6,11H2,1-5H3,(H,26,28)/t24-/m1/s1. The zero-order valence-corrected chi connectivity index (χ0v) is 19.3. The van der Waals surface area contributed by atoms with Crippen molar-refractivity contribution in [3.05, 3.63) is 46.2 Å². The van der Waals surface area contributed by atoms with Crippen molar-refractivity contribution in [1.29, 1.82) is 0 Å². The van der Waals surface area contributed by atoms with Crippen molar-refractivity contribution in [1.82, 2.24) is 0 Å². The molecule has 1 aliphatic rings. The largest absolute Gasteiger partial charge is 0.495 e. The Morgan fingerprint density at radius 2 is 1.94 bits per heavy atom. The van der Waals surface area contributed by atoms with Crippen LogP contribution in [0.25, 0.3) is 11.0 Å². The zero-order valence-electron chi connectivity index (χ0n) is 18.6. The van der Waals surface area contributed by atoms with E-state index in [1.165, 1.54) is 14.2 Å². The number of rotatable bonds is 5. The Morgan fingerprint density at radius 3 is 2.59 bits per heavy atom. The van der Waals surface area contributed by atoms with Gasteiger partial charge in [0.05, 0.1) is 36.9 Å². The Morgan fingerprint density at radius 1 is 1.22 bits per heavy atom. The number of nitrogens with one attached hydrogen (secondary N) is 1. The molecule has 1 aliphatic heterocycles. The molecule has 0 aliphatic carbocycles. The molecule has 7 nitrogen and oxygen atoms in total. The molecule has 168 valence electrons. The molecule has 0 unspecified atom stereocenters. The van der Waals surface area contributed by atoms with Gasteiger partial charge in [-0.05, 0) is 38.5 Å². The summed E-state index contributed by atoms with van der Waals surface area (Å²) in [4.78, 5) is 26.1. The average molecular weight is 458 g/mol. The van der Waals surface area contributed by atoms with Crippen molar-refractivity contribution in [3.8, 4) is 17.2 Å². The van der Waals surface area contributed by atoms with Crippen LogP contribution in [0.15, 0.2) is 28.7 Å². The summed E-state index contributed by atoms with van der Waals surface area (Å²) in [6.45, 7) is 5.66. The first-order valence-electron chi connectivity index (χ1n) is 10.2. The third-order valence-electron chi connectivity index (χ3n) is 5.90. The highest BCUT2D eigenvalue weighted by Gasteiger charge is 2.37. The van der Waals surface area contributed by atoms with Gasteiger partial charge in [-0.2, -0.15) is 0 Å². The molecule has 32 heavy (non-hydrogen) atoms. The molecule has 0 bridgehead atoms. The fourth-order valence-corrected chi connectivity index (χ4v) is 4.20. The maximum atomic E-state index is 13.1. The minimum Gasteiger partial charge on any atom is -0.495 e. The molecule has 0 saturated heterocycles. The van der Waals surface area contributed by atoms with Crippen LogP contribution in [-0.2, 0) is 0 Å². The molecule has 1 amide bonds. The molecule has 1 aromatic heterocycles. The number of Topliss-reactive ketones (excluding diaryl/α,β-unsaturated/α-hetero) is 1. The van der Waals surface area contributed by atoms with E-state index in [9.17, 15) is 9.59 Å². The second kappa shape index (κ2) is 8.06. The number of amides is 1. The molecule has 1 N–H and O–H groups in total. The monoisotopic (exact) mass is 457 g/mol. The first-order chi connectivity index (χ1) is 15.2. The number of ketones is 1. The predicted molar refractivity (Wildman–Crippen MR) is 122 cm³/mol.